The highest BCUT2D eigenvalue weighted by Crippen LogP contribution is 2.38. The maximum Gasteiger partial charge on any atom is 0.305 e. The fourth-order valence-electron chi connectivity index (χ4n) is 3.81. The van der Waals surface area contributed by atoms with Gasteiger partial charge in [0, 0.05) is 12.8 Å². The lowest BCUT2D eigenvalue weighted by molar-refractivity contribution is -0.140. The molecule has 0 saturated heterocycles. The summed E-state index contributed by atoms with van der Waals surface area (Å²) in [6, 6.07) is 0. The number of hydrogen-bond donors (Lipinski definition) is 0. The standard InChI is InChI=1S/C27H48O4Si/c1-8-9-12-15-23(31-32(6,7)27(2,3)4)20-18-22-19-21-25(28)24(22)16-13-10-11-14-17-26(29)30-5/h18,20,23H,8-17,19,21H2,1-7H3/b20-18+/t23-/m1/s1. The van der Waals surface area contributed by atoms with Crippen LogP contribution in [0.2, 0.25) is 18.1 Å². The van der Waals surface area contributed by atoms with Gasteiger partial charge in [0.05, 0.1) is 13.2 Å². The van der Waals surface area contributed by atoms with E-state index in [0.717, 1.165) is 50.5 Å². The molecule has 0 N–H and O–H groups in total. The molecule has 1 atom stereocenters. The summed E-state index contributed by atoms with van der Waals surface area (Å²) in [6.45, 7) is 13.7. The van der Waals surface area contributed by atoms with Gasteiger partial charge in [-0.3, -0.25) is 9.59 Å². The summed E-state index contributed by atoms with van der Waals surface area (Å²) in [5, 5.41) is 0.186. The Kier molecular flexibility index (Phi) is 12.7. The topological polar surface area (TPSA) is 52.6 Å². The zero-order valence-corrected chi connectivity index (χ0v) is 22.9. The van der Waals surface area contributed by atoms with E-state index in [0.29, 0.717) is 18.6 Å². The molecule has 0 unspecified atom stereocenters. The van der Waals surface area contributed by atoms with Crippen LogP contribution in [0.15, 0.2) is 23.3 Å². The van der Waals surface area contributed by atoms with Crippen LogP contribution >= 0.6 is 0 Å². The average molecular weight is 465 g/mol. The maximum atomic E-state index is 12.5. The molecule has 0 spiro atoms. The van der Waals surface area contributed by atoms with Gasteiger partial charge in [-0.15, -0.1) is 0 Å². The van der Waals surface area contributed by atoms with E-state index in [4.69, 9.17) is 4.43 Å². The summed E-state index contributed by atoms with van der Waals surface area (Å²) in [4.78, 5) is 23.7. The lowest BCUT2D eigenvalue weighted by Gasteiger charge is -2.38. The van der Waals surface area contributed by atoms with Crippen LogP contribution in [0.4, 0.5) is 0 Å². The van der Waals surface area contributed by atoms with Gasteiger partial charge in [-0.1, -0.05) is 72.0 Å². The quantitative estimate of drug-likeness (QED) is 0.142. The molecular weight excluding hydrogens is 416 g/mol. The summed E-state index contributed by atoms with van der Waals surface area (Å²) >= 11 is 0. The van der Waals surface area contributed by atoms with Gasteiger partial charge in [0.25, 0.3) is 0 Å². The van der Waals surface area contributed by atoms with Crippen molar-refractivity contribution < 1.29 is 18.8 Å². The average Bonchev–Trinajstić information content (AvgIpc) is 3.07. The molecule has 0 aromatic rings. The summed E-state index contributed by atoms with van der Waals surface area (Å²) in [6.07, 6.45) is 16.0. The molecule has 4 nitrogen and oxygen atoms in total. The first-order valence-corrected chi connectivity index (χ1v) is 15.6. The molecule has 0 bridgehead atoms. The van der Waals surface area contributed by atoms with Crippen molar-refractivity contribution in [2.24, 2.45) is 0 Å². The predicted octanol–water partition coefficient (Wildman–Crippen LogP) is 7.69. The highest BCUT2D eigenvalue weighted by molar-refractivity contribution is 6.74. The predicted molar refractivity (Wildman–Crippen MR) is 136 cm³/mol. The molecular formula is C27H48O4Si. The van der Waals surface area contributed by atoms with E-state index in [1.807, 2.05) is 0 Å². The number of Topliss-reactive ketones (excluding diaryl/α,β-unsaturated/α-hetero) is 1. The minimum atomic E-state index is -1.85. The number of ether oxygens (including phenoxy) is 1. The van der Waals surface area contributed by atoms with Gasteiger partial charge in [0.1, 0.15) is 0 Å². The van der Waals surface area contributed by atoms with Gasteiger partial charge < -0.3 is 9.16 Å². The van der Waals surface area contributed by atoms with Crippen molar-refractivity contribution in [3.05, 3.63) is 23.3 Å². The van der Waals surface area contributed by atoms with Crippen LogP contribution in [0.1, 0.15) is 105 Å². The number of methoxy groups -OCH3 is 1. The molecule has 0 heterocycles. The first-order valence-electron chi connectivity index (χ1n) is 12.7. The van der Waals surface area contributed by atoms with Gasteiger partial charge in [-0.25, -0.2) is 0 Å². The van der Waals surface area contributed by atoms with E-state index >= 15 is 0 Å². The summed E-state index contributed by atoms with van der Waals surface area (Å²) in [5.41, 5.74) is 2.23. The molecule has 0 amide bonds. The van der Waals surface area contributed by atoms with E-state index in [2.05, 4.69) is 57.7 Å². The summed E-state index contributed by atoms with van der Waals surface area (Å²) in [7, 11) is -0.416. The highest BCUT2D eigenvalue weighted by atomic mass is 28.4. The van der Waals surface area contributed by atoms with E-state index in [9.17, 15) is 9.59 Å². The number of ketones is 1. The fraction of sp³-hybridized carbons (Fsp3) is 0.778. The number of carbonyl (C=O) groups excluding carboxylic acids is 2. The van der Waals surface area contributed by atoms with Crippen molar-refractivity contribution in [1.29, 1.82) is 0 Å². The Morgan fingerprint density at radius 3 is 2.38 bits per heavy atom. The Bertz CT molecular complexity index is 655. The second-order valence-corrected chi connectivity index (χ2v) is 15.4. The second-order valence-electron chi connectivity index (χ2n) is 10.7. The molecule has 184 valence electrons. The molecule has 0 aliphatic heterocycles. The van der Waals surface area contributed by atoms with Crippen LogP contribution < -0.4 is 0 Å². The van der Waals surface area contributed by atoms with Crippen molar-refractivity contribution in [2.45, 2.75) is 129 Å². The summed E-state index contributed by atoms with van der Waals surface area (Å²) < 4.78 is 11.4. The largest absolute Gasteiger partial charge is 0.469 e. The first-order chi connectivity index (χ1) is 15.0. The number of unbranched alkanes of at least 4 members (excludes halogenated alkanes) is 5. The Hall–Kier alpha value is -1.20. The number of esters is 1. The Morgan fingerprint density at radius 1 is 1.06 bits per heavy atom. The lowest BCUT2D eigenvalue weighted by Crippen LogP contribution is -2.43. The third-order valence-corrected chi connectivity index (χ3v) is 11.5. The van der Waals surface area contributed by atoms with E-state index < -0.39 is 8.32 Å². The summed E-state index contributed by atoms with van der Waals surface area (Å²) in [5.74, 6) is 0.173. The molecule has 0 saturated carbocycles. The number of rotatable bonds is 15. The van der Waals surface area contributed by atoms with E-state index in [1.165, 1.54) is 31.9 Å². The van der Waals surface area contributed by atoms with Crippen molar-refractivity contribution in [1.82, 2.24) is 0 Å². The molecule has 0 fully saturated rings. The lowest BCUT2D eigenvalue weighted by atomic mass is 10.0. The number of carbonyl (C=O) groups is 2. The monoisotopic (exact) mass is 464 g/mol. The van der Waals surface area contributed by atoms with Crippen LogP contribution in [-0.2, 0) is 18.8 Å². The Morgan fingerprint density at radius 2 is 1.75 bits per heavy atom. The van der Waals surface area contributed by atoms with Gasteiger partial charge in [0.15, 0.2) is 14.1 Å². The van der Waals surface area contributed by atoms with E-state index in [1.54, 1.807) is 0 Å². The minimum absolute atomic E-state index is 0.130. The van der Waals surface area contributed by atoms with Gasteiger partial charge in [-0.05, 0) is 61.4 Å². The molecule has 32 heavy (non-hydrogen) atoms. The maximum absolute atomic E-state index is 12.5. The second kappa shape index (κ2) is 14.1. The number of allylic oxidation sites excluding steroid dienone is 3. The number of hydrogen-bond acceptors (Lipinski definition) is 4. The molecule has 1 rings (SSSR count). The van der Waals surface area contributed by atoms with Crippen LogP contribution in [0, 0.1) is 0 Å². The van der Waals surface area contributed by atoms with Gasteiger partial charge >= 0.3 is 5.97 Å². The smallest absolute Gasteiger partial charge is 0.305 e. The molecule has 1 aliphatic carbocycles. The van der Waals surface area contributed by atoms with E-state index in [-0.39, 0.29) is 17.1 Å². The Balaban J connectivity index is 2.74. The van der Waals surface area contributed by atoms with Crippen LogP contribution in [0.25, 0.3) is 0 Å². The van der Waals surface area contributed by atoms with Gasteiger partial charge in [-0.2, -0.15) is 0 Å². The highest BCUT2D eigenvalue weighted by Gasteiger charge is 2.38. The van der Waals surface area contributed by atoms with Crippen LogP contribution in [-0.4, -0.2) is 33.3 Å². The third-order valence-electron chi connectivity index (χ3n) is 6.99. The SMILES string of the molecule is CCCCC[C@H](/C=C/C1=C(CCCCCCC(=O)OC)C(=O)CC1)O[Si](C)(C)C(C)(C)C. The Labute approximate surface area is 198 Å². The zero-order chi connectivity index (χ0) is 24.2. The minimum Gasteiger partial charge on any atom is -0.469 e. The van der Waals surface area contributed by atoms with Crippen LogP contribution in [0.3, 0.4) is 0 Å². The molecule has 1 aliphatic rings. The molecule has 0 aromatic heterocycles. The van der Waals surface area contributed by atoms with Gasteiger partial charge in [0.2, 0.25) is 0 Å². The fourth-order valence-corrected chi connectivity index (χ4v) is 5.12. The zero-order valence-electron chi connectivity index (χ0n) is 21.9. The van der Waals surface area contributed by atoms with Crippen molar-refractivity contribution in [3.63, 3.8) is 0 Å². The molecule has 5 heteroatoms. The van der Waals surface area contributed by atoms with Crippen molar-refractivity contribution >= 4 is 20.1 Å². The normalized spacial score (nSPS) is 16.3. The van der Waals surface area contributed by atoms with Crippen molar-refractivity contribution in [2.75, 3.05) is 7.11 Å². The van der Waals surface area contributed by atoms with Crippen molar-refractivity contribution in [3.8, 4) is 0 Å². The third kappa shape index (κ3) is 10.2. The molecule has 0 radical (unpaired) electrons. The first kappa shape index (κ1) is 28.8. The van der Waals surface area contributed by atoms with Crippen LogP contribution in [0.5, 0.6) is 0 Å². The molecule has 0 aromatic carbocycles.